The van der Waals surface area contributed by atoms with E-state index in [-0.39, 0.29) is 5.56 Å². The van der Waals surface area contributed by atoms with Crippen molar-refractivity contribution in [1.29, 1.82) is 0 Å². The Morgan fingerprint density at radius 1 is 1.04 bits per heavy atom. The molecule has 1 aliphatic rings. The number of aromatic nitrogens is 2. The average molecular weight is 386 g/mol. The zero-order valence-electron chi connectivity index (χ0n) is 14.7. The maximum Gasteiger partial charge on any atom is 0.406 e. The van der Waals surface area contributed by atoms with Gasteiger partial charge in [0, 0.05) is 17.4 Å². The molecule has 2 aromatic carbocycles. The smallest absolute Gasteiger partial charge is 0.361 e. The van der Waals surface area contributed by atoms with Crippen LogP contribution < -0.4 is 5.32 Å². The summed E-state index contributed by atoms with van der Waals surface area (Å²) in [4.78, 5) is 13.5. The fraction of sp³-hybridized carbons (Fsp3) is 0.200. The lowest BCUT2D eigenvalue weighted by molar-refractivity contribution is -0.144. The van der Waals surface area contributed by atoms with Crippen LogP contribution in [0, 0.1) is 0 Å². The Morgan fingerprint density at radius 2 is 1.75 bits per heavy atom. The van der Waals surface area contributed by atoms with Crippen LogP contribution in [0.2, 0.25) is 0 Å². The number of benzene rings is 2. The molecule has 3 aromatic rings. The zero-order valence-corrected chi connectivity index (χ0v) is 14.7. The summed E-state index contributed by atoms with van der Waals surface area (Å²) >= 11 is 0. The van der Waals surface area contributed by atoms with Crippen LogP contribution in [-0.4, -0.2) is 33.3 Å². The molecule has 0 spiro atoms. The second-order valence-corrected chi connectivity index (χ2v) is 6.60. The van der Waals surface area contributed by atoms with Crippen molar-refractivity contribution in [2.75, 3.05) is 11.9 Å². The maximum absolute atomic E-state index is 13.1. The fourth-order valence-corrected chi connectivity index (χ4v) is 3.29. The molecule has 1 amide bonds. The van der Waals surface area contributed by atoms with Gasteiger partial charge in [0.15, 0.2) is 0 Å². The Labute approximate surface area is 159 Å². The van der Waals surface area contributed by atoms with E-state index in [4.69, 9.17) is 0 Å². The van der Waals surface area contributed by atoms with E-state index in [9.17, 15) is 18.0 Å². The number of carbonyl (C=O) groups excluding carboxylic acids is 1. The topological polar surface area (TPSA) is 50.2 Å². The molecule has 28 heavy (non-hydrogen) atoms. The minimum Gasteiger partial charge on any atom is -0.361 e. The largest absolute Gasteiger partial charge is 0.406 e. The molecule has 2 heterocycles. The van der Waals surface area contributed by atoms with Gasteiger partial charge in [0.05, 0.1) is 18.3 Å². The van der Waals surface area contributed by atoms with Crippen molar-refractivity contribution in [3.8, 4) is 0 Å². The lowest BCUT2D eigenvalue weighted by Crippen LogP contribution is -2.47. The van der Waals surface area contributed by atoms with E-state index in [1.807, 2.05) is 30.3 Å². The first-order valence-corrected chi connectivity index (χ1v) is 8.70. The highest BCUT2D eigenvalue weighted by Crippen LogP contribution is 2.35. The minimum absolute atomic E-state index is 0.222. The third-order valence-electron chi connectivity index (χ3n) is 4.53. The van der Waals surface area contributed by atoms with Gasteiger partial charge in [-0.05, 0) is 17.7 Å². The molecular formula is C20H17F3N4O. The van der Waals surface area contributed by atoms with Gasteiger partial charge in [-0.25, -0.2) is 0 Å². The first-order valence-electron chi connectivity index (χ1n) is 8.70. The number of rotatable bonds is 4. The van der Waals surface area contributed by atoms with Gasteiger partial charge in [0.2, 0.25) is 0 Å². The summed E-state index contributed by atoms with van der Waals surface area (Å²) in [7, 11) is 0. The van der Waals surface area contributed by atoms with E-state index in [0.29, 0.717) is 17.8 Å². The third kappa shape index (κ3) is 3.71. The maximum atomic E-state index is 13.1. The van der Waals surface area contributed by atoms with E-state index in [0.717, 1.165) is 10.5 Å². The molecule has 0 saturated heterocycles. The predicted octanol–water partition coefficient (Wildman–Crippen LogP) is 4.06. The SMILES string of the molecule is O=C1c2ccccc2N[C@H](c2cnn(Cc3ccccc3)c2)N1CC(F)(F)F. The molecule has 8 heteroatoms. The minimum atomic E-state index is -4.51. The molecule has 5 nitrogen and oxygen atoms in total. The lowest BCUT2D eigenvalue weighted by Gasteiger charge is -2.37. The number of nitrogens with zero attached hydrogens (tertiary/aromatic N) is 3. The molecule has 1 atom stereocenters. The first kappa shape index (κ1) is 18.1. The highest BCUT2D eigenvalue weighted by atomic mass is 19.4. The Bertz CT molecular complexity index is 984. The highest BCUT2D eigenvalue weighted by molar-refractivity contribution is 6.01. The third-order valence-corrected chi connectivity index (χ3v) is 4.53. The summed E-state index contributed by atoms with van der Waals surface area (Å²) in [6, 6.07) is 16.2. The first-order chi connectivity index (χ1) is 13.4. The summed E-state index contributed by atoms with van der Waals surface area (Å²) in [6.45, 7) is -0.862. The Hall–Kier alpha value is -3.29. The van der Waals surface area contributed by atoms with Crippen LogP contribution in [0.4, 0.5) is 18.9 Å². The summed E-state index contributed by atoms with van der Waals surface area (Å²) in [5.41, 5.74) is 2.23. The predicted molar refractivity (Wildman–Crippen MR) is 97.7 cm³/mol. The molecule has 1 aliphatic heterocycles. The number of hydrogen-bond donors (Lipinski definition) is 1. The van der Waals surface area contributed by atoms with Gasteiger partial charge in [0.1, 0.15) is 12.7 Å². The summed E-state index contributed by atoms with van der Waals surface area (Å²) in [5.74, 6) is -0.660. The van der Waals surface area contributed by atoms with Crippen molar-refractivity contribution < 1.29 is 18.0 Å². The Balaban J connectivity index is 1.65. The van der Waals surface area contributed by atoms with Crippen LogP contribution in [0.1, 0.15) is 27.7 Å². The van der Waals surface area contributed by atoms with Gasteiger partial charge in [0.25, 0.3) is 5.91 Å². The quantitative estimate of drug-likeness (QED) is 0.736. The molecule has 1 aromatic heterocycles. The number of fused-ring (bicyclic) bond motifs is 1. The van der Waals surface area contributed by atoms with Crippen molar-refractivity contribution in [2.45, 2.75) is 18.9 Å². The Kier molecular flexibility index (Phi) is 4.54. The number of carbonyl (C=O) groups is 1. The van der Waals surface area contributed by atoms with Crippen molar-refractivity contribution in [3.05, 3.63) is 83.7 Å². The molecule has 0 bridgehead atoms. The van der Waals surface area contributed by atoms with Gasteiger partial charge in [-0.15, -0.1) is 0 Å². The molecule has 4 rings (SSSR count). The van der Waals surface area contributed by atoms with E-state index < -0.39 is 24.8 Å². The van der Waals surface area contributed by atoms with Crippen molar-refractivity contribution in [2.24, 2.45) is 0 Å². The fourth-order valence-electron chi connectivity index (χ4n) is 3.29. The number of halogens is 3. The monoisotopic (exact) mass is 386 g/mol. The molecule has 0 radical (unpaired) electrons. The van der Waals surface area contributed by atoms with E-state index >= 15 is 0 Å². The Morgan fingerprint density at radius 3 is 2.50 bits per heavy atom. The van der Waals surface area contributed by atoms with Crippen molar-refractivity contribution in [1.82, 2.24) is 14.7 Å². The van der Waals surface area contributed by atoms with Crippen LogP contribution in [0.5, 0.6) is 0 Å². The number of anilines is 1. The molecular weight excluding hydrogens is 369 g/mol. The summed E-state index contributed by atoms with van der Waals surface area (Å²) in [6.07, 6.45) is -2.31. The van der Waals surface area contributed by atoms with Crippen LogP contribution in [0.3, 0.4) is 0 Å². The van der Waals surface area contributed by atoms with Crippen LogP contribution in [0.25, 0.3) is 0 Å². The number of alkyl halides is 3. The molecule has 0 fully saturated rings. The van der Waals surface area contributed by atoms with Crippen LogP contribution >= 0.6 is 0 Å². The van der Waals surface area contributed by atoms with E-state index in [2.05, 4.69) is 10.4 Å². The van der Waals surface area contributed by atoms with Gasteiger partial charge >= 0.3 is 6.18 Å². The standard InChI is InChI=1S/C20H17F3N4O/c21-20(22,23)13-27-18(25-17-9-5-4-8-16(17)19(27)28)15-10-24-26(12-15)11-14-6-2-1-3-7-14/h1-10,12,18,25H,11,13H2/t18-/m0/s1. The normalized spacial score (nSPS) is 16.6. The van der Waals surface area contributed by atoms with Crippen LogP contribution in [0.15, 0.2) is 67.0 Å². The lowest BCUT2D eigenvalue weighted by atomic mass is 10.1. The average Bonchev–Trinajstić information content (AvgIpc) is 3.12. The van der Waals surface area contributed by atoms with Gasteiger partial charge in [-0.2, -0.15) is 18.3 Å². The second-order valence-electron chi connectivity index (χ2n) is 6.60. The zero-order chi connectivity index (χ0) is 19.7. The summed E-state index contributed by atoms with van der Waals surface area (Å²) < 4.78 is 41.0. The van der Waals surface area contributed by atoms with Gasteiger partial charge < -0.3 is 10.2 Å². The number of nitrogens with one attached hydrogen (secondary N) is 1. The molecule has 144 valence electrons. The molecule has 0 unspecified atom stereocenters. The molecule has 0 saturated carbocycles. The van der Waals surface area contributed by atoms with Crippen molar-refractivity contribution >= 4 is 11.6 Å². The summed E-state index contributed by atoms with van der Waals surface area (Å²) in [5, 5.41) is 7.30. The number of hydrogen-bond acceptors (Lipinski definition) is 3. The second kappa shape index (κ2) is 7.03. The number of amides is 1. The molecule has 1 N–H and O–H groups in total. The van der Waals surface area contributed by atoms with Gasteiger partial charge in [-0.3, -0.25) is 9.48 Å². The highest BCUT2D eigenvalue weighted by Gasteiger charge is 2.41. The number of para-hydroxylation sites is 1. The van der Waals surface area contributed by atoms with Gasteiger partial charge in [-0.1, -0.05) is 42.5 Å². The van der Waals surface area contributed by atoms with Crippen LogP contribution in [-0.2, 0) is 6.54 Å². The molecule has 0 aliphatic carbocycles. The van der Waals surface area contributed by atoms with E-state index in [1.165, 1.54) is 12.3 Å². The van der Waals surface area contributed by atoms with E-state index in [1.54, 1.807) is 29.1 Å². The van der Waals surface area contributed by atoms with Crippen molar-refractivity contribution in [3.63, 3.8) is 0 Å².